The number of hydrogen-bond acceptors (Lipinski definition) is 5. The number of rotatable bonds is 3. The van der Waals surface area contributed by atoms with Crippen LogP contribution in [0.4, 0.5) is 5.69 Å². The molecule has 1 aliphatic carbocycles. The normalized spacial score (nSPS) is 24.1. The van der Waals surface area contributed by atoms with Crippen LogP contribution in [0.1, 0.15) is 56.8 Å². The van der Waals surface area contributed by atoms with Gasteiger partial charge in [0.2, 0.25) is 0 Å². The maximum absolute atomic E-state index is 13.6. The van der Waals surface area contributed by atoms with Gasteiger partial charge >= 0.3 is 51.4 Å². The predicted octanol–water partition coefficient (Wildman–Crippen LogP) is -1.38. The monoisotopic (exact) mass is 442 g/mol. The van der Waals surface area contributed by atoms with Crippen molar-refractivity contribution in [3.05, 3.63) is 65.2 Å². The maximum Gasteiger partial charge on any atom is 1.00 e. The van der Waals surface area contributed by atoms with Gasteiger partial charge < -0.3 is 14.8 Å². The molecule has 0 aromatic heterocycles. The molecule has 152 valence electrons. The van der Waals surface area contributed by atoms with Gasteiger partial charge in [-0.3, -0.25) is 14.4 Å². The first-order valence-corrected chi connectivity index (χ1v) is 10.1. The van der Waals surface area contributed by atoms with Crippen LogP contribution in [0.5, 0.6) is 0 Å². The fourth-order valence-corrected chi connectivity index (χ4v) is 5.19. The van der Waals surface area contributed by atoms with E-state index in [1.165, 1.54) is 11.0 Å². The van der Waals surface area contributed by atoms with Crippen LogP contribution in [0.15, 0.2) is 48.5 Å². The molecule has 2 aliphatic heterocycles. The number of carboxylic acid groups (broad SMARTS) is 1. The van der Waals surface area contributed by atoms with E-state index < -0.39 is 29.7 Å². The standard InChI is InChI=1S/C23H20N2O5.K/c26-20-14-7-1-2-8-15(14)21(27)25(20)18-10-4-3-9-16(18)22(28)24-17-11-5-6-13(17)12-19(24)23(29)30;/h1-4,7-10,13,17,19H,5-6,11-12H2,(H,29,30);/q;+1/p-1/t13-,17-,19-;/m1./s1. The quantitative estimate of drug-likeness (QED) is 0.431. The number of amides is 3. The summed E-state index contributed by atoms with van der Waals surface area (Å²) in [5.41, 5.74) is 0.891. The number of para-hydroxylation sites is 1. The molecular formula is C23H19KN2O5. The number of imide groups is 1. The van der Waals surface area contributed by atoms with E-state index in [0.29, 0.717) is 6.42 Å². The molecule has 2 aromatic carbocycles. The number of carbonyl (C=O) groups is 4. The molecule has 0 spiro atoms. The van der Waals surface area contributed by atoms with Crippen LogP contribution in [-0.2, 0) is 4.79 Å². The van der Waals surface area contributed by atoms with Crippen molar-refractivity contribution in [2.24, 2.45) is 5.92 Å². The van der Waals surface area contributed by atoms with Crippen LogP contribution in [0.2, 0.25) is 0 Å². The molecule has 0 radical (unpaired) electrons. The molecule has 3 atom stereocenters. The van der Waals surface area contributed by atoms with E-state index in [1.54, 1.807) is 42.5 Å². The number of carbonyl (C=O) groups excluding carboxylic acids is 4. The molecule has 0 bridgehead atoms. The summed E-state index contributed by atoms with van der Waals surface area (Å²) in [6.07, 6.45) is 2.96. The van der Waals surface area contributed by atoms with Gasteiger partial charge in [-0.1, -0.05) is 30.7 Å². The maximum atomic E-state index is 13.6. The second kappa shape index (κ2) is 8.59. The first-order chi connectivity index (χ1) is 14.5. The summed E-state index contributed by atoms with van der Waals surface area (Å²) in [5, 5.41) is 11.7. The second-order valence-electron chi connectivity index (χ2n) is 8.05. The second-order valence-corrected chi connectivity index (χ2v) is 8.05. The minimum atomic E-state index is -1.27. The Morgan fingerprint density at radius 2 is 1.52 bits per heavy atom. The average molecular weight is 443 g/mol. The third-order valence-corrected chi connectivity index (χ3v) is 6.51. The van der Waals surface area contributed by atoms with Crippen molar-refractivity contribution < 1.29 is 75.7 Å². The number of anilines is 1. The van der Waals surface area contributed by atoms with Crippen LogP contribution in [-0.4, -0.2) is 40.7 Å². The molecule has 8 heteroatoms. The Labute approximate surface area is 221 Å². The smallest absolute Gasteiger partial charge is 0.548 e. The Bertz CT molecular complexity index is 1070. The molecule has 31 heavy (non-hydrogen) atoms. The minimum absolute atomic E-state index is 0. The fourth-order valence-electron chi connectivity index (χ4n) is 5.19. The molecule has 2 heterocycles. The van der Waals surface area contributed by atoms with E-state index in [4.69, 9.17) is 0 Å². The molecule has 7 nitrogen and oxygen atoms in total. The summed E-state index contributed by atoms with van der Waals surface area (Å²) in [5.74, 6) is -2.59. The van der Waals surface area contributed by atoms with Crippen LogP contribution >= 0.6 is 0 Å². The van der Waals surface area contributed by atoms with Crippen LogP contribution in [0.25, 0.3) is 0 Å². The summed E-state index contributed by atoms with van der Waals surface area (Å²) in [6.45, 7) is 0. The fraction of sp³-hybridized carbons (Fsp3) is 0.304. The number of carboxylic acids is 1. The van der Waals surface area contributed by atoms with Crippen molar-refractivity contribution in [2.75, 3.05) is 4.90 Å². The Morgan fingerprint density at radius 1 is 0.903 bits per heavy atom. The summed E-state index contributed by atoms with van der Waals surface area (Å²) < 4.78 is 0. The minimum Gasteiger partial charge on any atom is -0.548 e. The summed E-state index contributed by atoms with van der Waals surface area (Å²) in [7, 11) is 0. The van der Waals surface area contributed by atoms with Gasteiger partial charge in [0.25, 0.3) is 17.7 Å². The molecule has 2 fully saturated rings. The van der Waals surface area contributed by atoms with E-state index >= 15 is 0 Å². The number of nitrogens with zero attached hydrogens (tertiary/aromatic N) is 2. The van der Waals surface area contributed by atoms with Gasteiger partial charge in [0.1, 0.15) is 0 Å². The number of likely N-dealkylation sites (tertiary alicyclic amines) is 1. The summed E-state index contributed by atoms with van der Waals surface area (Å²) in [6, 6.07) is 11.7. The zero-order valence-corrected chi connectivity index (χ0v) is 20.2. The molecule has 2 aromatic rings. The van der Waals surface area contributed by atoms with Crippen molar-refractivity contribution in [3.63, 3.8) is 0 Å². The van der Waals surface area contributed by atoms with Gasteiger partial charge in [0.15, 0.2) is 0 Å². The zero-order valence-electron chi connectivity index (χ0n) is 17.1. The van der Waals surface area contributed by atoms with Crippen LogP contribution < -0.4 is 61.4 Å². The van der Waals surface area contributed by atoms with E-state index in [0.717, 1.165) is 24.2 Å². The number of fused-ring (bicyclic) bond motifs is 2. The van der Waals surface area contributed by atoms with Gasteiger partial charge in [-0.05, 0) is 49.4 Å². The van der Waals surface area contributed by atoms with Crippen molar-refractivity contribution in [1.29, 1.82) is 0 Å². The van der Waals surface area contributed by atoms with E-state index in [-0.39, 0.29) is 85.7 Å². The third kappa shape index (κ3) is 3.50. The van der Waals surface area contributed by atoms with Crippen molar-refractivity contribution in [2.45, 2.75) is 37.8 Å². The van der Waals surface area contributed by atoms with Gasteiger partial charge in [-0.25, -0.2) is 4.90 Å². The molecule has 0 unspecified atom stereocenters. The van der Waals surface area contributed by atoms with Gasteiger partial charge in [0.05, 0.1) is 34.4 Å². The Balaban J connectivity index is 0.00000231. The van der Waals surface area contributed by atoms with Crippen molar-refractivity contribution >= 4 is 29.4 Å². The Morgan fingerprint density at radius 3 is 2.16 bits per heavy atom. The van der Waals surface area contributed by atoms with Crippen LogP contribution in [0, 0.1) is 5.92 Å². The summed E-state index contributed by atoms with van der Waals surface area (Å²) in [4.78, 5) is 53.6. The molecular weight excluding hydrogens is 423 g/mol. The van der Waals surface area contributed by atoms with Gasteiger partial charge in [0, 0.05) is 6.04 Å². The number of aliphatic carboxylic acids is 1. The molecule has 1 saturated heterocycles. The first-order valence-electron chi connectivity index (χ1n) is 10.1. The Kier molecular flexibility index (Phi) is 6.20. The predicted molar refractivity (Wildman–Crippen MR) is 105 cm³/mol. The Hall–Kier alpha value is -1.84. The zero-order chi connectivity index (χ0) is 21.0. The number of benzene rings is 2. The molecule has 3 aliphatic rings. The third-order valence-electron chi connectivity index (χ3n) is 6.51. The largest absolute Gasteiger partial charge is 1.00 e. The van der Waals surface area contributed by atoms with Gasteiger partial charge in [-0.2, -0.15) is 0 Å². The SMILES string of the molecule is O=C([O-])[C@H]1C[C@H]2CCC[C@H]2N1C(=O)c1ccccc1N1C(=O)c2ccccc2C1=O.[K+]. The summed E-state index contributed by atoms with van der Waals surface area (Å²) >= 11 is 0. The van der Waals surface area contributed by atoms with E-state index in [1.807, 2.05) is 0 Å². The molecule has 0 N–H and O–H groups in total. The van der Waals surface area contributed by atoms with Crippen LogP contribution in [0.3, 0.4) is 0 Å². The molecule has 1 saturated carbocycles. The molecule has 3 amide bonds. The van der Waals surface area contributed by atoms with E-state index in [2.05, 4.69) is 0 Å². The molecule has 5 rings (SSSR count). The van der Waals surface area contributed by atoms with Crippen molar-refractivity contribution in [1.82, 2.24) is 4.90 Å². The first kappa shape index (κ1) is 22.4. The average Bonchev–Trinajstić information content (AvgIpc) is 3.41. The van der Waals surface area contributed by atoms with Gasteiger partial charge in [-0.15, -0.1) is 0 Å². The van der Waals surface area contributed by atoms with E-state index in [9.17, 15) is 24.3 Å². The number of hydrogen-bond donors (Lipinski definition) is 0. The topological polar surface area (TPSA) is 97.8 Å². The van der Waals surface area contributed by atoms with Crippen molar-refractivity contribution in [3.8, 4) is 0 Å².